The fourth-order valence-electron chi connectivity index (χ4n) is 1.87. The number of rotatable bonds is 3. The van der Waals surface area contributed by atoms with Gasteiger partial charge in [-0.05, 0) is 37.1 Å². The molecule has 0 saturated carbocycles. The molecule has 0 aliphatic carbocycles. The van der Waals surface area contributed by atoms with E-state index in [1.165, 1.54) is 6.07 Å². The van der Waals surface area contributed by atoms with Crippen molar-refractivity contribution in [2.24, 2.45) is 0 Å². The highest BCUT2D eigenvalue weighted by molar-refractivity contribution is 6.07. The van der Waals surface area contributed by atoms with Crippen LogP contribution in [0.25, 0.3) is 0 Å². The van der Waals surface area contributed by atoms with Crippen molar-refractivity contribution in [1.82, 2.24) is 4.98 Å². The van der Waals surface area contributed by atoms with Gasteiger partial charge in [0.2, 0.25) is 0 Å². The lowest BCUT2D eigenvalue weighted by Gasteiger charge is -2.11. The Labute approximate surface area is 117 Å². The predicted molar refractivity (Wildman–Crippen MR) is 77.6 cm³/mol. The lowest BCUT2D eigenvalue weighted by Crippen LogP contribution is -2.16. The Hall–Kier alpha value is -2.43. The molecular weight excluding hydrogens is 257 g/mol. The third-order valence-corrected chi connectivity index (χ3v) is 2.98. The van der Waals surface area contributed by atoms with Gasteiger partial charge >= 0.3 is 0 Å². The molecule has 20 heavy (non-hydrogen) atoms. The van der Waals surface area contributed by atoms with Crippen LogP contribution in [-0.2, 0) is 0 Å². The number of benzene rings is 1. The molecule has 1 aromatic heterocycles. The Balaban J connectivity index is 2.32. The molecule has 2 rings (SSSR count). The second-order valence-electron chi connectivity index (χ2n) is 4.57. The van der Waals surface area contributed by atoms with Crippen molar-refractivity contribution < 1.29 is 9.18 Å². The van der Waals surface area contributed by atoms with Crippen LogP contribution < -0.4 is 10.6 Å². The molecule has 2 aromatic rings. The minimum Gasteiger partial charge on any atom is -0.372 e. The zero-order chi connectivity index (χ0) is 14.7. The number of hydrogen-bond donors (Lipinski definition) is 2. The van der Waals surface area contributed by atoms with Crippen molar-refractivity contribution in [2.75, 3.05) is 17.7 Å². The van der Waals surface area contributed by atoms with Gasteiger partial charge in [0.15, 0.2) is 0 Å². The van der Waals surface area contributed by atoms with Crippen molar-refractivity contribution in [1.29, 1.82) is 0 Å². The van der Waals surface area contributed by atoms with E-state index in [-0.39, 0.29) is 5.56 Å². The van der Waals surface area contributed by atoms with E-state index < -0.39 is 11.7 Å². The number of nitrogens with zero attached hydrogens (tertiary/aromatic N) is 1. The van der Waals surface area contributed by atoms with E-state index in [0.717, 1.165) is 17.3 Å². The van der Waals surface area contributed by atoms with Gasteiger partial charge in [0, 0.05) is 12.7 Å². The van der Waals surface area contributed by atoms with E-state index in [4.69, 9.17) is 0 Å². The van der Waals surface area contributed by atoms with E-state index in [1.807, 2.05) is 32.0 Å². The van der Waals surface area contributed by atoms with Crippen molar-refractivity contribution in [3.8, 4) is 0 Å². The number of carbonyl (C=O) groups excluding carboxylic acids is 1. The standard InChI is InChI=1S/C15H16FN3O/c1-9-4-5-10(2)13(6-9)19-15(20)12-7-11(16)8-18-14(12)17-3/h4-8H,1-3H3,(H,17,18)(H,19,20). The molecule has 0 unspecified atom stereocenters. The normalized spacial score (nSPS) is 10.2. The van der Waals surface area contributed by atoms with Gasteiger partial charge in [-0.15, -0.1) is 0 Å². The lowest BCUT2D eigenvalue weighted by atomic mass is 10.1. The minimum absolute atomic E-state index is 0.174. The van der Waals surface area contributed by atoms with Gasteiger partial charge in [-0.1, -0.05) is 12.1 Å². The molecule has 0 spiro atoms. The molecule has 1 heterocycles. The van der Waals surface area contributed by atoms with Gasteiger partial charge < -0.3 is 10.6 Å². The van der Waals surface area contributed by atoms with Crippen LogP contribution in [0.2, 0.25) is 0 Å². The average Bonchev–Trinajstić information content (AvgIpc) is 2.42. The van der Waals surface area contributed by atoms with Crippen molar-refractivity contribution >= 4 is 17.4 Å². The Bertz CT molecular complexity index is 656. The molecule has 2 N–H and O–H groups in total. The molecule has 0 saturated heterocycles. The second kappa shape index (κ2) is 5.69. The molecule has 1 amide bonds. The fourth-order valence-corrected chi connectivity index (χ4v) is 1.87. The lowest BCUT2D eigenvalue weighted by molar-refractivity contribution is 0.102. The summed E-state index contributed by atoms with van der Waals surface area (Å²) in [4.78, 5) is 16.1. The summed E-state index contributed by atoms with van der Waals surface area (Å²) < 4.78 is 13.3. The summed E-state index contributed by atoms with van der Waals surface area (Å²) >= 11 is 0. The Morgan fingerprint density at radius 2 is 2.00 bits per heavy atom. The van der Waals surface area contributed by atoms with Crippen LogP contribution in [0, 0.1) is 19.7 Å². The Morgan fingerprint density at radius 1 is 1.25 bits per heavy atom. The Morgan fingerprint density at radius 3 is 2.70 bits per heavy atom. The van der Waals surface area contributed by atoms with Gasteiger partial charge in [-0.25, -0.2) is 9.37 Å². The number of carbonyl (C=O) groups is 1. The first kappa shape index (κ1) is 14.0. The highest BCUT2D eigenvalue weighted by Crippen LogP contribution is 2.19. The molecule has 104 valence electrons. The van der Waals surface area contributed by atoms with Gasteiger partial charge in [-0.3, -0.25) is 4.79 Å². The third kappa shape index (κ3) is 2.93. The van der Waals surface area contributed by atoms with Crippen LogP contribution in [0.3, 0.4) is 0 Å². The molecular formula is C15H16FN3O. The molecule has 0 aliphatic rings. The number of halogens is 1. The first-order valence-electron chi connectivity index (χ1n) is 6.23. The highest BCUT2D eigenvalue weighted by Gasteiger charge is 2.14. The first-order chi connectivity index (χ1) is 9.51. The van der Waals surface area contributed by atoms with E-state index in [9.17, 15) is 9.18 Å². The SMILES string of the molecule is CNc1ncc(F)cc1C(=O)Nc1cc(C)ccc1C. The largest absolute Gasteiger partial charge is 0.372 e. The maximum absolute atomic E-state index is 13.3. The van der Waals surface area contributed by atoms with Crippen LogP contribution in [0.1, 0.15) is 21.5 Å². The van der Waals surface area contributed by atoms with Gasteiger partial charge in [-0.2, -0.15) is 0 Å². The third-order valence-electron chi connectivity index (χ3n) is 2.98. The summed E-state index contributed by atoms with van der Waals surface area (Å²) in [5, 5.41) is 5.56. The van der Waals surface area contributed by atoms with Crippen LogP contribution in [-0.4, -0.2) is 17.9 Å². The minimum atomic E-state index is -0.546. The van der Waals surface area contributed by atoms with E-state index >= 15 is 0 Å². The number of nitrogens with one attached hydrogen (secondary N) is 2. The van der Waals surface area contributed by atoms with Gasteiger partial charge in [0.25, 0.3) is 5.91 Å². The number of hydrogen-bond acceptors (Lipinski definition) is 3. The number of anilines is 2. The molecule has 4 nitrogen and oxygen atoms in total. The van der Waals surface area contributed by atoms with Crippen molar-refractivity contribution in [3.05, 3.63) is 53.0 Å². The number of pyridine rings is 1. The molecule has 0 radical (unpaired) electrons. The Kier molecular flexibility index (Phi) is 3.98. The maximum atomic E-state index is 13.3. The zero-order valence-corrected chi connectivity index (χ0v) is 11.6. The van der Waals surface area contributed by atoms with E-state index in [0.29, 0.717) is 11.5 Å². The zero-order valence-electron chi connectivity index (χ0n) is 11.6. The summed E-state index contributed by atoms with van der Waals surface area (Å²) in [5.41, 5.74) is 2.87. The summed E-state index contributed by atoms with van der Waals surface area (Å²) in [6.07, 6.45) is 1.07. The van der Waals surface area contributed by atoms with Crippen LogP contribution in [0.15, 0.2) is 30.5 Å². The summed E-state index contributed by atoms with van der Waals surface area (Å²) in [7, 11) is 1.63. The first-order valence-corrected chi connectivity index (χ1v) is 6.23. The van der Waals surface area contributed by atoms with Crippen molar-refractivity contribution in [2.45, 2.75) is 13.8 Å². The van der Waals surface area contributed by atoms with Crippen LogP contribution >= 0.6 is 0 Å². The van der Waals surface area contributed by atoms with E-state index in [1.54, 1.807) is 7.05 Å². The quantitative estimate of drug-likeness (QED) is 0.903. The molecule has 0 atom stereocenters. The average molecular weight is 273 g/mol. The second-order valence-corrected chi connectivity index (χ2v) is 4.57. The highest BCUT2D eigenvalue weighted by atomic mass is 19.1. The smallest absolute Gasteiger partial charge is 0.259 e. The number of amides is 1. The topological polar surface area (TPSA) is 54.0 Å². The predicted octanol–water partition coefficient (Wildman–Crippen LogP) is 3.13. The van der Waals surface area contributed by atoms with Crippen LogP contribution in [0.4, 0.5) is 15.9 Å². The van der Waals surface area contributed by atoms with Gasteiger partial charge in [0.05, 0.1) is 11.8 Å². The molecule has 5 heteroatoms. The van der Waals surface area contributed by atoms with Crippen LogP contribution in [0.5, 0.6) is 0 Å². The molecule has 0 bridgehead atoms. The molecule has 0 fully saturated rings. The molecule has 1 aromatic carbocycles. The number of aromatic nitrogens is 1. The summed E-state index contributed by atoms with van der Waals surface area (Å²) in [5.74, 6) is -0.598. The monoisotopic (exact) mass is 273 g/mol. The van der Waals surface area contributed by atoms with Gasteiger partial charge in [0.1, 0.15) is 11.6 Å². The summed E-state index contributed by atoms with van der Waals surface area (Å²) in [6, 6.07) is 6.93. The van der Waals surface area contributed by atoms with E-state index in [2.05, 4.69) is 15.6 Å². The summed E-state index contributed by atoms with van der Waals surface area (Å²) in [6.45, 7) is 3.84. The van der Waals surface area contributed by atoms with Crippen molar-refractivity contribution in [3.63, 3.8) is 0 Å². The molecule has 0 aliphatic heterocycles. The maximum Gasteiger partial charge on any atom is 0.259 e. The fraction of sp³-hybridized carbons (Fsp3) is 0.200. The number of aryl methyl sites for hydroxylation is 2.